The van der Waals surface area contributed by atoms with E-state index in [1.807, 2.05) is 24.5 Å². The van der Waals surface area contributed by atoms with Gasteiger partial charge in [0.15, 0.2) is 5.96 Å². The van der Waals surface area contributed by atoms with Gasteiger partial charge in [0, 0.05) is 18.8 Å². The first-order valence-corrected chi connectivity index (χ1v) is 8.17. The molecule has 0 spiro atoms. The highest BCUT2D eigenvalue weighted by Crippen LogP contribution is 2.14. The van der Waals surface area contributed by atoms with Crippen molar-refractivity contribution in [2.45, 2.75) is 26.8 Å². The number of imidazole rings is 1. The van der Waals surface area contributed by atoms with Gasteiger partial charge < -0.3 is 15.6 Å². The zero-order valence-corrected chi connectivity index (χ0v) is 14.2. The summed E-state index contributed by atoms with van der Waals surface area (Å²) in [7, 11) is 0. The lowest BCUT2D eigenvalue weighted by Gasteiger charge is -2.08. The Morgan fingerprint density at radius 3 is 2.71 bits per heavy atom. The second-order valence-corrected chi connectivity index (χ2v) is 6.05. The van der Waals surface area contributed by atoms with E-state index in [9.17, 15) is 0 Å². The van der Waals surface area contributed by atoms with Crippen molar-refractivity contribution in [2.75, 3.05) is 11.9 Å². The van der Waals surface area contributed by atoms with Crippen molar-refractivity contribution in [1.82, 2.24) is 9.55 Å². The van der Waals surface area contributed by atoms with Crippen molar-refractivity contribution < 1.29 is 0 Å². The number of fused-ring (bicyclic) bond motifs is 1. The zero-order valence-electron chi connectivity index (χ0n) is 14.2. The maximum Gasteiger partial charge on any atom is 0.193 e. The molecule has 2 aromatic carbocycles. The Bertz CT molecular complexity index is 843. The molecule has 0 radical (unpaired) electrons. The molecule has 0 bridgehead atoms. The fourth-order valence-corrected chi connectivity index (χ4v) is 2.86. The van der Waals surface area contributed by atoms with E-state index < -0.39 is 0 Å². The molecule has 5 nitrogen and oxygen atoms in total. The number of aromatic nitrogens is 2. The second-order valence-electron chi connectivity index (χ2n) is 6.05. The molecule has 0 aliphatic rings. The van der Waals surface area contributed by atoms with Crippen LogP contribution in [0.25, 0.3) is 11.0 Å². The average Bonchev–Trinajstić information content (AvgIpc) is 2.94. The quantitative estimate of drug-likeness (QED) is 0.429. The monoisotopic (exact) mass is 321 g/mol. The van der Waals surface area contributed by atoms with Crippen LogP contribution in [-0.2, 0) is 6.54 Å². The summed E-state index contributed by atoms with van der Waals surface area (Å²) in [6.07, 6.45) is 2.79. The van der Waals surface area contributed by atoms with Crippen LogP contribution in [0, 0.1) is 13.8 Å². The standard InChI is InChI=1S/C19H23N5/c1-14-10-15(2)12-16(11-14)23-19(20)21-8-5-9-24-13-22-17-6-3-4-7-18(17)24/h3-4,6-7,10-13H,5,8-9H2,1-2H3,(H3,20,21,23). The molecular weight excluding hydrogens is 298 g/mol. The Balaban J connectivity index is 1.54. The minimum Gasteiger partial charge on any atom is -0.370 e. The lowest BCUT2D eigenvalue weighted by atomic mass is 10.1. The van der Waals surface area contributed by atoms with E-state index in [1.54, 1.807) is 0 Å². The van der Waals surface area contributed by atoms with Gasteiger partial charge in [-0.1, -0.05) is 18.2 Å². The number of anilines is 1. The number of rotatable bonds is 5. The van der Waals surface area contributed by atoms with Crippen LogP contribution in [0.2, 0.25) is 0 Å². The smallest absolute Gasteiger partial charge is 0.193 e. The number of hydrogen-bond acceptors (Lipinski definition) is 2. The number of nitrogens with two attached hydrogens (primary N) is 1. The van der Waals surface area contributed by atoms with Crippen LogP contribution in [0.15, 0.2) is 53.8 Å². The van der Waals surface area contributed by atoms with Gasteiger partial charge in [-0.2, -0.15) is 0 Å². The number of benzene rings is 2. The molecule has 0 unspecified atom stereocenters. The van der Waals surface area contributed by atoms with Crippen molar-refractivity contribution in [3.05, 3.63) is 59.9 Å². The fourth-order valence-electron chi connectivity index (χ4n) is 2.86. The number of nitrogens with one attached hydrogen (secondary N) is 1. The van der Waals surface area contributed by atoms with Crippen LogP contribution in [0.3, 0.4) is 0 Å². The molecular formula is C19H23N5. The largest absolute Gasteiger partial charge is 0.370 e. The van der Waals surface area contributed by atoms with Crippen molar-refractivity contribution in [1.29, 1.82) is 0 Å². The molecule has 3 aromatic rings. The molecule has 5 heteroatoms. The topological polar surface area (TPSA) is 68.2 Å². The summed E-state index contributed by atoms with van der Waals surface area (Å²) < 4.78 is 2.15. The Morgan fingerprint density at radius 2 is 1.92 bits per heavy atom. The number of aryl methyl sites for hydroxylation is 3. The van der Waals surface area contributed by atoms with Crippen molar-refractivity contribution in [3.63, 3.8) is 0 Å². The normalized spacial score (nSPS) is 11.8. The van der Waals surface area contributed by atoms with Crippen molar-refractivity contribution in [3.8, 4) is 0 Å². The minimum absolute atomic E-state index is 0.454. The van der Waals surface area contributed by atoms with Gasteiger partial charge in [-0.3, -0.25) is 4.99 Å². The third kappa shape index (κ3) is 3.93. The Labute approximate surface area is 142 Å². The lowest BCUT2D eigenvalue weighted by molar-refractivity contribution is 0.666. The molecule has 3 rings (SSSR count). The van der Waals surface area contributed by atoms with Gasteiger partial charge >= 0.3 is 0 Å². The lowest BCUT2D eigenvalue weighted by Crippen LogP contribution is -2.23. The molecule has 0 fully saturated rings. The Morgan fingerprint density at radius 1 is 1.17 bits per heavy atom. The van der Waals surface area contributed by atoms with Crippen LogP contribution < -0.4 is 11.1 Å². The van der Waals surface area contributed by atoms with Gasteiger partial charge in [-0.05, 0) is 55.7 Å². The van der Waals surface area contributed by atoms with Crippen LogP contribution in [0.5, 0.6) is 0 Å². The molecule has 0 amide bonds. The number of guanidine groups is 1. The Hall–Kier alpha value is -2.82. The summed E-state index contributed by atoms with van der Waals surface area (Å²) >= 11 is 0. The number of hydrogen-bond donors (Lipinski definition) is 2. The maximum absolute atomic E-state index is 5.98. The highest BCUT2D eigenvalue weighted by atomic mass is 15.1. The molecule has 124 valence electrons. The highest BCUT2D eigenvalue weighted by molar-refractivity contribution is 5.92. The molecule has 1 heterocycles. The number of aliphatic imine (C=N–C) groups is 1. The predicted molar refractivity (Wildman–Crippen MR) is 100 cm³/mol. The Kier molecular flexibility index (Phi) is 4.79. The van der Waals surface area contributed by atoms with Gasteiger partial charge in [-0.15, -0.1) is 0 Å². The van der Waals surface area contributed by atoms with Crippen molar-refractivity contribution >= 4 is 22.7 Å². The van der Waals surface area contributed by atoms with E-state index in [1.165, 1.54) is 11.1 Å². The van der Waals surface area contributed by atoms with E-state index in [4.69, 9.17) is 5.73 Å². The van der Waals surface area contributed by atoms with Crippen LogP contribution in [0.4, 0.5) is 5.69 Å². The third-order valence-electron chi connectivity index (χ3n) is 3.86. The molecule has 0 aliphatic heterocycles. The maximum atomic E-state index is 5.98. The number of nitrogens with zero attached hydrogens (tertiary/aromatic N) is 3. The minimum atomic E-state index is 0.454. The summed E-state index contributed by atoms with van der Waals surface area (Å²) in [5.41, 5.74) is 11.5. The van der Waals surface area contributed by atoms with E-state index in [2.05, 4.69) is 58.0 Å². The van der Waals surface area contributed by atoms with Gasteiger partial charge in [0.2, 0.25) is 0 Å². The first-order chi connectivity index (χ1) is 11.6. The molecule has 0 aliphatic carbocycles. The zero-order chi connectivity index (χ0) is 16.9. The molecule has 1 aromatic heterocycles. The summed E-state index contributed by atoms with van der Waals surface area (Å²) in [5, 5.41) is 3.16. The summed E-state index contributed by atoms with van der Waals surface area (Å²) in [5.74, 6) is 0.454. The van der Waals surface area contributed by atoms with Crippen molar-refractivity contribution in [2.24, 2.45) is 10.7 Å². The third-order valence-corrected chi connectivity index (χ3v) is 3.86. The summed E-state index contributed by atoms with van der Waals surface area (Å²) in [6.45, 7) is 5.69. The first kappa shape index (κ1) is 16.1. The summed E-state index contributed by atoms with van der Waals surface area (Å²) in [4.78, 5) is 8.80. The SMILES string of the molecule is Cc1cc(C)cc(NC(N)=NCCCn2cnc3ccccc32)c1. The fraction of sp³-hybridized carbons (Fsp3) is 0.263. The summed E-state index contributed by atoms with van der Waals surface area (Å²) in [6, 6.07) is 14.4. The molecule has 0 saturated heterocycles. The molecule has 0 saturated carbocycles. The van der Waals surface area contributed by atoms with E-state index in [-0.39, 0.29) is 0 Å². The van der Waals surface area contributed by atoms with Gasteiger partial charge in [0.25, 0.3) is 0 Å². The first-order valence-electron chi connectivity index (χ1n) is 8.17. The predicted octanol–water partition coefficient (Wildman–Crippen LogP) is 3.47. The van der Waals surface area contributed by atoms with E-state index in [0.29, 0.717) is 12.5 Å². The van der Waals surface area contributed by atoms with Crippen LogP contribution in [-0.4, -0.2) is 22.1 Å². The highest BCUT2D eigenvalue weighted by Gasteiger charge is 2.01. The van der Waals surface area contributed by atoms with Crippen LogP contribution in [0.1, 0.15) is 17.5 Å². The van der Waals surface area contributed by atoms with Gasteiger partial charge in [-0.25, -0.2) is 4.98 Å². The second kappa shape index (κ2) is 7.17. The van der Waals surface area contributed by atoms with E-state index in [0.717, 1.165) is 29.7 Å². The van der Waals surface area contributed by atoms with Gasteiger partial charge in [0.05, 0.1) is 17.4 Å². The molecule has 24 heavy (non-hydrogen) atoms. The van der Waals surface area contributed by atoms with Gasteiger partial charge in [0.1, 0.15) is 0 Å². The molecule has 3 N–H and O–H groups in total. The van der Waals surface area contributed by atoms with E-state index >= 15 is 0 Å². The molecule has 0 atom stereocenters. The van der Waals surface area contributed by atoms with Crippen LogP contribution >= 0.6 is 0 Å². The number of para-hydroxylation sites is 2. The average molecular weight is 321 g/mol.